The van der Waals surface area contributed by atoms with Crippen LogP contribution in [0.25, 0.3) is 11.1 Å². The first-order valence-electron chi connectivity index (χ1n) is 9.69. The fourth-order valence-corrected chi connectivity index (χ4v) is 3.79. The van der Waals surface area contributed by atoms with Crippen LogP contribution in [0, 0.1) is 0 Å². The lowest BCUT2D eigenvalue weighted by molar-refractivity contribution is -0.914. The average molecular weight is 359 g/mol. The summed E-state index contributed by atoms with van der Waals surface area (Å²) in [5, 5.41) is 0. The van der Waals surface area contributed by atoms with E-state index in [-0.39, 0.29) is 0 Å². The number of quaternary nitrogens is 1. The quantitative estimate of drug-likeness (QED) is 0.753. The van der Waals surface area contributed by atoms with Gasteiger partial charge in [0.25, 0.3) is 0 Å². The summed E-state index contributed by atoms with van der Waals surface area (Å²) in [6, 6.07) is 28.0. The Morgan fingerprint density at radius 3 is 2.04 bits per heavy atom. The first-order valence-corrected chi connectivity index (χ1v) is 9.69. The number of anilines is 1. The van der Waals surface area contributed by atoms with Crippen LogP contribution in [0.2, 0.25) is 0 Å². The lowest BCUT2D eigenvalue weighted by atomic mass is 10.0. The fourth-order valence-electron chi connectivity index (χ4n) is 3.79. The number of piperazine rings is 1. The second kappa shape index (κ2) is 8.28. The van der Waals surface area contributed by atoms with Gasteiger partial charge in [0.2, 0.25) is 0 Å². The third-order valence-electron chi connectivity index (χ3n) is 5.42. The Balaban J connectivity index is 1.32. The Bertz CT molecular complexity index is 836. The maximum atomic E-state index is 5.25. The van der Waals surface area contributed by atoms with Crippen LogP contribution >= 0.6 is 0 Å². The highest BCUT2D eigenvalue weighted by atomic mass is 16.5. The number of benzene rings is 3. The van der Waals surface area contributed by atoms with E-state index in [0.717, 1.165) is 25.4 Å². The highest BCUT2D eigenvalue weighted by Crippen LogP contribution is 2.20. The SMILES string of the molecule is COc1ccc(N2CC[NH+](Cc3ccc(-c4ccccc4)cc3)CC2)cc1. The predicted octanol–water partition coefficient (Wildman–Crippen LogP) is 3.27. The minimum Gasteiger partial charge on any atom is -0.497 e. The molecule has 0 spiro atoms. The van der Waals surface area contributed by atoms with Crippen molar-refractivity contribution in [1.29, 1.82) is 0 Å². The highest BCUT2D eigenvalue weighted by Gasteiger charge is 2.20. The van der Waals surface area contributed by atoms with Crippen molar-refractivity contribution in [3.63, 3.8) is 0 Å². The van der Waals surface area contributed by atoms with Gasteiger partial charge in [0.15, 0.2) is 0 Å². The number of hydrogen-bond acceptors (Lipinski definition) is 2. The minimum absolute atomic E-state index is 0.918. The topological polar surface area (TPSA) is 16.9 Å². The summed E-state index contributed by atoms with van der Waals surface area (Å²) in [5.74, 6) is 0.918. The predicted molar refractivity (Wildman–Crippen MR) is 111 cm³/mol. The van der Waals surface area contributed by atoms with Crippen LogP contribution in [0.15, 0.2) is 78.9 Å². The first-order chi connectivity index (χ1) is 13.3. The maximum absolute atomic E-state index is 5.25. The van der Waals surface area contributed by atoms with Gasteiger partial charge in [-0.15, -0.1) is 0 Å². The van der Waals surface area contributed by atoms with Crippen LogP contribution in [-0.4, -0.2) is 33.3 Å². The summed E-state index contributed by atoms with van der Waals surface area (Å²) in [5.41, 5.74) is 5.29. The molecule has 0 radical (unpaired) electrons. The van der Waals surface area contributed by atoms with E-state index in [4.69, 9.17) is 4.74 Å². The van der Waals surface area contributed by atoms with Crippen LogP contribution in [0.3, 0.4) is 0 Å². The Kier molecular flexibility index (Phi) is 5.40. The van der Waals surface area contributed by atoms with Crippen LogP contribution in [0.4, 0.5) is 5.69 Å². The average Bonchev–Trinajstić information content (AvgIpc) is 2.76. The van der Waals surface area contributed by atoms with Crippen molar-refractivity contribution in [2.75, 3.05) is 38.2 Å². The summed E-state index contributed by atoms with van der Waals surface area (Å²) in [6.07, 6.45) is 0. The van der Waals surface area contributed by atoms with Gasteiger partial charge in [0.1, 0.15) is 12.3 Å². The number of ether oxygens (including phenoxy) is 1. The van der Waals surface area contributed by atoms with Gasteiger partial charge in [0, 0.05) is 11.3 Å². The third kappa shape index (κ3) is 4.32. The zero-order chi connectivity index (χ0) is 18.5. The summed E-state index contributed by atoms with van der Waals surface area (Å²) in [6.45, 7) is 5.65. The van der Waals surface area contributed by atoms with Crippen LogP contribution in [-0.2, 0) is 6.54 Å². The molecule has 138 valence electrons. The normalized spacial score (nSPS) is 14.9. The van der Waals surface area contributed by atoms with Gasteiger partial charge < -0.3 is 14.5 Å². The molecule has 3 aromatic rings. The van der Waals surface area contributed by atoms with Crippen LogP contribution in [0.1, 0.15) is 5.56 Å². The Morgan fingerprint density at radius 2 is 1.41 bits per heavy atom. The number of methoxy groups -OCH3 is 1. The van der Waals surface area contributed by atoms with Gasteiger partial charge in [-0.1, -0.05) is 54.6 Å². The van der Waals surface area contributed by atoms with E-state index in [1.165, 1.54) is 35.5 Å². The molecule has 0 unspecified atom stereocenters. The molecule has 3 aromatic carbocycles. The van der Waals surface area contributed by atoms with E-state index >= 15 is 0 Å². The zero-order valence-electron chi connectivity index (χ0n) is 15.9. The molecule has 1 fully saturated rings. The van der Waals surface area contributed by atoms with E-state index in [2.05, 4.69) is 71.6 Å². The molecule has 3 heteroatoms. The van der Waals surface area contributed by atoms with E-state index in [1.54, 1.807) is 12.0 Å². The summed E-state index contributed by atoms with van der Waals surface area (Å²) in [7, 11) is 1.71. The first kappa shape index (κ1) is 17.6. The number of nitrogens with zero attached hydrogens (tertiary/aromatic N) is 1. The van der Waals surface area contributed by atoms with Crippen molar-refractivity contribution < 1.29 is 9.64 Å². The van der Waals surface area contributed by atoms with E-state index in [9.17, 15) is 0 Å². The van der Waals surface area contributed by atoms with Crippen molar-refractivity contribution in [1.82, 2.24) is 0 Å². The Labute approximate surface area is 161 Å². The molecule has 27 heavy (non-hydrogen) atoms. The van der Waals surface area contributed by atoms with Crippen LogP contribution in [0.5, 0.6) is 5.75 Å². The summed E-state index contributed by atoms with van der Waals surface area (Å²) in [4.78, 5) is 4.13. The smallest absolute Gasteiger partial charge is 0.119 e. The van der Waals surface area contributed by atoms with Gasteiger partial charge in [-0.3, -0.25) is 0 Å². The molecule has 1 aliphatic heterocycles. The molecule has 1 N–H and O–H groups in total. The molecule has 0 amide bonds. The second-order valence-corrected chi connectivity index (χ2v) is 7.17. The van der Waals surface area contributed by atoms with Crippen LogP contribution < -0.4 is 14.5 Å². The molecular weight excluding hydrogens is 332 g/mol. The van der Waals surface area contributed by atoms with Crippen molar-refractivity contribution in [3.05, 3.63) is 84.4 Å². The van der Waals surface area contributed by atoms with Gasteiger partial charge in [-0.25, -0.2) is 0 Å². The second-order valence-electron chi connectivity index (χ2n) is 7.17. The summed E-state index contributed by atoms with van der Waals surface area (Å²) >= 11 is 0. The Morgan fingerprint density at radius 1 is 0.778 bits per heavy atom. The van der Waals surface area contributed by atoms with E-state index in [0.29, 0.717) is 0 Å². The van der Waals surface area contributed by atoms with Gasteiger partial charge in [-0.2, -0.15) is 0 Å². The third-order valence-corrected chi connectivity index (χ3v) is 5.42. The van der Waals surface area contributed by atoms with E-state index < -0.39 is 0 Å². The maximum Gasteiger partial charge on any atom is 0.119 e. The molecule has 1 heterocycles. The molecule has 1 aliphatic rings. The standard InChI is InChI=1S/C24H26N2O/c1-27-24-13-11-23(12-14-24)26-17-15-25(16-18-26)19-20-7-9-22(10-8-20)21-5-3-2-4-6-21/h2-14H,15-19H2,1H3/p+1. The largest absolute Gasteiger partial charge is 0.497 e. The van der Waals surface area contributed by atoms with Crippen molar-refractivity contribution >= 4 is 5.69 Å². The Hall–Kier alpha value is -2.78. The molecule has 0 saturated carbocycles. The number of nitrogens with one attached hydrogen (secondary N) is 1. The van der Waals surface area contributed by atoms with Gasteiger partial charge in [0.05, 0.1) is 33.3 Å². The van der Waals surface area contributed by atoms with Crippen molar-refractivity contribution in [2.45, 2.75) is 6.54 Å². The monoisotopic (exact) mass is 359 g/mol. The zero-order valence-corrected chi connectivity index (χ0v) is 15.9. The molecule has 0 aliphatic carbocycles. The van der Waals surface area contributed by atoms with Gasteiger partial charge in [-0.05, 0) is 35.4 Å². The number of hydrogen-bond donors (Lipinski definition) is 1. The van der Waals surface area contributed by atoms with E-state index in [1.807, 2.05) is 12.1 Å². The fraction of sp³-hybridized carbons (Fsp3) is 0.250. The van der Waals surface area contributed by atoms with Crippen molar-refractivity contribution in [3.8, 4) is 16.9 Å². The molecule has 3 nitrogen and oxygen atoms in total. The summed E-state index contributed by atoms with van der Waals surface area (Å²) < 4.78 is 5.25. The van der Waals surface area contributed by atoms with Crippen molar-refractivity contribution in [2.24, 2.45) is 0 Å². The lowest BCUT2D eigenvalue weighted by Gasteiger charge is -2.33. The lowest BCUT2D eigenvalue weighted by Crippen LogP contribution is -3.13. The molecular formula is C24H27N2O+. The molecule has 0 aromatic heterocycles. The molecule has 0 bridgehead atoms. The number of rotatable bonds is 5. The highest BCUT2D eigenvalue weighted by molar-refractivity contribution is 5.63. The molecule has 1 saturated heterocycles. The molecule has 4 rings (SSSR count). The molecule has 0 atom stereocenters. The van der Waals surface area contributed by atoms with Gasteiger partial charge >= 0.3 is 0 Å². The minimum atomic E-state index is 0.918.